The molecule has 2 rings (SSSR count). The predicted octanol–water partition coefficient (Wildman–Crippen LogP) is 5.90. The van der Waals surface area contributed by atoms with Crippen molar-refractivity contribution in [2.24, 2.45) is 0 Å². The van der Waals surface area contributed by atoms with E-state index in [1.54, 1.807) is 30.3 Å². The van der Waals surface area contributed by atoms with Crippen LogP contribution in [0.15, 0.2) is 36.2 Å². The van der Waals surface area contributed by atoms with Gasteiger partial charge in [0.1, 0.15) is 35.8 Å². The molecule has 0 spiro atoms. The average Bonchev–Trinajstić information content (AvgIpc) is 2.89. The van der Waals surface area contributed by atoms with Crippen LogP contribution in [0.3, 0.4) is 0 Å². The minimum atomic E-state index is -0.868. The predicted molar refractivity (Wildman–Crippen MR) is 145 cm³/mol. The minimum Gasteiger partial charge on any atom is -0.494 e. The lowest BCUT2D eigenvalue weighted by molar-refractivity contribution is -0.0623. The van der Waals surface area contributed by atoms with Gasteiger partial charge >= 0.3 is 0 Å². The zero-order valence-corrected chi connectivity index (χ0v) is 22.8. The molecule has 1 aromatic rings. The van der Waals surface area contributed by atoms with Crippen molar-refractivity contribution in [1.82, 2.24) is 5.32 Å². The molecule has 0 aromatic heterocycles. The van der Waals surface area contributed by atoms with Gasteiger partial charge in [0.05, 0.1) is 30.9 Å². The highest BCUT2D eigenvalue weighted by atomic mass is 16.5. The average molecular weight is 513 g/mol. The van der Waals surface area contributed by atoms with Crippen LogP contribution in [0.1, 0.15) is 102 Å². The number of hydrogen-bond acceptors (Lipinski definition) is 7. The molecule has 1 aromatic carbocycles. The Hall–Kier alpha value is -2.78. The number of aliphatic hydroxyl groups is 1. The van der Waals surface area contributed by atoms with E-state index in [1.807, 2.05) is 13.8 Å². The summed E-state index contributed by atoms with van der Waals surface area (Å²) < 4.78 is 17.5. The SMILES string of the molecule is CCCCCCCCCCCCO/C(=C/N[C@H]1c2cc(C#N)ccc2OC(C)(C)[C@@H]1O)COCC=C=O. The van der Waals surface area contributed by atoms with Crippen molar-refractivity contribution >= 4 is 5.94 Å². The van der Waals surface area contributed by atoms with Gasteiger partial charge in [-0.1, -0.05) is 64.7 Å². The number of hydrogen-bond donors (Lipinski definition) is 2. The maximum Gasteiger partial charge on any atom is 0.137 e. The maximum atomic E-state index is 11.0. The number of rotatable bonds is 18. The van der Waals surface area contributed by atoms with Crippen LogP contribution in [0.2, 0.25) is 0 Å². The Labute approximate surface area is 222 Å². The number of fused-ring (bicyclic) bond motifs is 1. The Balaban J connectivity index is 1.93. The van der Waals surface area contributed by atoms with Gasteiger partial charge in [0.2, 0.25) is 0 Å². The first kappa shape index (κ1) is 30.4. The van der Waals surface area contributed by atoms with E-state index in [9.17, 15) is 15.2 Å². The van der Waals surface area contributed by atoms with Gasteiger partial charge < -0.3 is 24.6 Å². The normalized spacial score (nSPS) is 18.2. The van der Waals surface area contributed by atoms with Crippen LogP contribution >= 0.6 is 0 Å². The topological polar surface area (TPSA) is 101 Å². The Morgan fingerprint density at radius 1 is 1.14 bits per heavy atom. The number of unbranched alkanes of at least 4 members (excludes halogenated alkanes) is 9. The molecule has 1 aliphatic heterocycles. The molecule has 2 N–H and O–H groups in total. The number of ether oxygens (including phenoxy) is 3. The van der Waals surface area contributed by atoms with Crippen molar-refractivity contribution in [3.63, 3.8) is 0 Å². The van der Waals surface area contributed by atoms with E-state index >= 15 is 0 Å². The van der Waals surface area contributed by atoms with Gasteiger partial charge in [-0.2, -0.15) is 5.26 Å². The van der Waals surface area contributed by atoms with Gasteiger partial charge in [0.25, 0.3) is 0 Å². The number of benzene rings is 1. The Kier molecular flexibility index (Phi) is 13.9. The highest BCUT2D eigenvalue weighted by molar-refractivity contribution is 5.46. The van der Waals surface area contributed by atoms with Gasteiger partial charge in [-0.3, -0.25) is 0 Å². The molecule has 37 heavy (non-hydrogen) atoms. The lowest BCUT2D eigenvalue weighted by atomic mass is 9.86. The molecule has 0 amide bonds. The quantitative estimate of drug-likeness (QED) is 0.143. The molecule has 0 fully saturated rings. The summed E-state index contributed by atoms with van der Waals surface area (Å²) in [6.45, 7) is 6.78. The molecule has 0 aliphatic carbocycles. The highest BCUT2D eigenvalue weighted by Gasteiger charge is 2.42. The maximum absolute atomic E-state index is 11.0. The second-order valence-corrected chi connectivity index (χ2v) is 10.1. The van der Waals surface area contributed by atoms with Crippen LogP contribution in [0.5, 0.6) is 5.75 Å². The van der Waals surface area contributed by atoms with E-state index in [0.717, 1.165) is 12.8 Å². The van der Waals surface area contributed by atoms with Crippen molar-refractivity contribution in [1.29, 1.82) is 5.26 Å². The minimum absolute atomic E-state index is 0.143. The first-order valence-corrected chi connectivity index (χ1v) is 13.7. The zero-order valence-electron chi connectivity index (χ0n) is 22.8. The molecule has 7 heteroatoms. The highest BCUT2D eigenvalue weighted by Crippen LogP contribution is 2.40. The summed E-state index contributed by atoms with van der Waals surface area (Å²) in [6.07, 6.45) is 14.6. The molecular weight excluding hydrogens is 468 g/mol. The third kappa shape index (κ3) is 10.6. The third-order valence-corrected chi connectivity index (χ3v) is 6.61. The Bertz CT molecular complexity index is 930. The number of nitriles is 1. The van der Waals surface area contributed by atoms with E-state index in [4.69, 9.17) is 14.2 Å². The monoisotopic (exact) mass is 512 g/mol. The van der Waals surface area contributed by atoms with E-state index < -0.39 is 17.7 Å². The summed E-state index contributed by atoms with van der Waals surface area (Å²) >= 11 is 0. The largest absolute Gasteiger partial charge is 0.494 e. The summed E-state index contributed by atoms with van der Waals surface area (Å²) in [5.41, 5.74) is 0.377. The molecule has 1 heterocycles. The van der Waals surface area contributed by atoms with Crippen LogP contribution in [0.25, 0.3) is 0 Å². The van der Waals surface area contributed by atoms with E-state index in [1.165, 1.54) is 57.4 Å². The molecule has 204 valence electrons. The molecule has 0 unspecified atom stereocenters. The number of nitrogens with zero attached hydrogens (tertiary/aromatic N) is 1. The van der Waals surface area contributed by atoms with Gasteiger partial charge in [-0.05, 0) is 38.5 Å². The fraction of sp³-hybridized carbons (Fsp3) is 0.633. The van der Waals surface area contributed by atoms with E-state index in [-0.39, 0.29) is 13.2 Å². The standard InChI is InChI=1S/C30H44N2O5/c1-4-5-6-7-8-9-10-11-12-13-19-36-25(23-35-18-14-17-33)22-32-28-26-20-24(21-31)15-16-27(26)37-30(2,3)29(28)34/h14-16,20,22,28-29,32,34H,4-13,18-19,23H2,1-3H3/b25-22+/t28-,29+/m0/s1. The number of aliphatic hydroxyl groups excluding tert-OH is 1. The van der Waals surface area contributed by atoms with Crippen LogP contribution in [0.4, 0.5) is 0 Å². The summed E-state index contributed by atoms with van der Waals surface area (Å²) in [5.74, 6) is 2.90. The molecule has 0 radical (unpaired) electrons. The number of nitrogens with one attached hydrogen (secondary N) is 1. The van der Waals surface area contributed by atoms with E-state index in [0.29, 0.717) is 29.2 Å². The van der Waals surface area contributed by atoms with Crippen molar-refractivity contribution in [3.8, 4) is 11.8 Å². The molecule has 1 aliphatic rings. The lowest BCUT2D eigenvalue weighted by Gasteiger charge is -2.42. The van der Waals surface area contributed by atoms with Gasteiger partial charge in [-0.25, -0.2) is 4.79 Å². The second kappa shape index (κ2) is 16.9. The first-order chi connectivity index (χ1) is 17.9. The van der Waals surface area contributed by atoms with Crippen LogP contribution in [0, 0.1) is 11.3 Å². The van der Waals surface area contributed by atoms with Crippen LogP contribution < -0.4 is 10.1 Å². The van der Waals surface area contributed by atoms with Gasteiger partial charge in [0.15, 0.2) is 0 Å². The lowest BCUT2D eigenvalue weighted by Crippen LogP contribution is -2.51. The van der Waals surface area contributed by atoms with Crippen LogP contribution in [-0.2, 0) is 14.3 Å². The number of carbonyl (C=O) groups excluding carboxylic acids is 1. The van der Waals surface area contributed by atoms with Crippen molar-refractivity contribution in [3.05, 3.63) is 47.4 Å². The first-order valence-electron chi connectivity index (χ1n) is 13.7. The smallest absolute Gasteiger partial charge is 0.137 e. The molecule has 0 bridgehead atoms. The van der Waals surface area contributed by atoms with Gasteiger partial charge in [0, 0.05) is 17.8 Å². The van der Waals surface area contributed by atoms with Crippen LogP contribution in [-0.4, -0.2) is 42.6 Å². The summed E-state index contributed by atoms with van der Waals surface area (Å²) in [5, 5.41) is 23.6. The summed E-state index contributed by atoms with van der Waals surface area (Å²) in [6, 6.07) is 6.84. The van der Waals surface area contributed by atoms with Crippen molar-refractivity contribution in [2.45, 2.75) is 103 Å². The molecule has 0 saturated carbocycles. The van der Waals surface area contributed by atoms with Crippen molar-refractivity contribution < 1.29 is 24.1 Å². The fourth-order valence-electron chi connectivity index (χ4n) is 4.40. The molecule has 7 nitrogen and oxygen atoms in total. The Morgan fingerprint density at radius 2 is 1.81 bits per heavy atom. The summed E-state index contributed by atoms with van der Waals surface area (Å²) in [7, 11) is 0. The summed E-state index contributed by atoms with van der Waals surface area (Å²) in [4.78, 5) is 10.5. The van der Waals surface area contributed by atoms with Crippen molar-refractivity contribution in [2.75, 3.05) is 19.8 Å². The fourth-order valence-corrected chi connectivity index (χ4v) is 4.40. The second-order valence-electron chi connectivity index (χ2n) is 10.1. The molecule has 0 saturated heterocycles. The Morgan fingerprint density at radius 3 is 2.46 bits per heavy atom. The van der Waals surface area contributed by atoms with Gasteiger partial charge in [-0.15, -0.1) is 0 Å². The zero-order chi connectivity index (χ0) is 26.9. The molecular formula is C30H44N2O5. The third-order valence-electron chi connectivity index (χ3n) is 6.61. The molecule has 2 atom stereocenters. The van der Waals surface area contributed by atoms with E-state index in [2.05, 4.69) is 18.3 Å².